The Morgan fingerprint density at radius 1 is 1.24 bits per heavy atom. The highest BCUT2D eigenvalue weighted by Crippen LogP contribution is 2.23. The molecule has 1 aromatic heterocycles. The summed E-state index contributed by atoms with van der Waals surface area (Å²) in [6.07, 6.45) is 0.121. The van der Waals surface area contributed by atoms with Crippen LogP contribution in [-0.2, 0) is 11.2 Å². The predicted octanol–water partition coefficient (Wildman–Crippen LogP) is 2.18. The fourth-order valence-corrected chi connectivity index (χ4v) is 3.12. The van der Waals surface area contributed by atoms with Gasteiger partial charge in [0.15, 0.2) is 0 Å². The number of β-amino-alcohol motifs (C(OH)–C–C–N with tert-alkyl or cyclic N) is 1. The lowest BCUT2D eigenvalue weighted by atomic mass is 9.99. The van der Waals surface area contributed by atoms with Crippen molar-refractivity contribution in [1.82, 2.24) is 9.88 Å². The average Bonchev–Trinajstić information content (AvgIpc) is 2.86. The fourth-order valence-electron chi connectivity index (χ4n) is 3.12. The fraction of sp³-hybridized carbons (Fsp3) is 0.444. The summed E-state index contributed by atoms with van der Waals surface area (Å²) in [7, 11) is 0. The zero-order chi connectivity index (χ0) is 16.6. The Bertz CT molecular complexity index is 734. The number of benzene rings is 1. The van der Waals surface area contributed by atoms with Crippen LogP contribution in [0, 0.1) is 5.92 Å². The van der Waals surface area contributed by atoms with Crippen molar-refractivity contribution in [3.8, 4) is 0 Å². The Kier molecular flexibility index (Phi) is 7.20. The van der Waals surface area contributed by atoms with Crippen molar-refractivity contribution < 1.29 is 9.90 Å². The van der Waals surface area contributed by atoms with Gasteiger partial charge in [0.2, 0.25) is 5.91 Å². The molecule has 0 saturated carbocycles. The summed E-state index contributed by atoms with van der Waals surface area (Å²) in [5.41, 5.74) is 6.86. The number of aliphatic hydroxyl groups is 1. The summed E-state index contributed by atoms with van der Waals surface area (Å²) in [6, 6.07) is 12.0. The predicted molar refractivity (Wildman–Crippen MR) is 104 cm³/mol. The minimum absolute atomic E-state index is 0. The summed E-state index contributed by atoms with van der Waals surface area (Å²) in [5, 5.41) is 11.4. The molecule has 138 valence electrons. The highest BCUT2D eigenvalue weighted by atomic mass is 35.5. The van der Waals surface area contributed by atoms with Gasteiger partial charge in [0.25, 0.3) is 0 Å². The van der Waals surface area contributed by atoms with Crippen molar-refractivity contribution in [1.29, 1.82) is 0 Å². The maximum atomic E-state index is 12.3. The van der Waals surface area contributed by atoms with Crippen LogP contribution < -0.4 is 5.73 Å². The van der Waals surface area contributed by atoms with Crippen LogP contribution in [0.25, 0.3) is 10.9 Å². The van der Waals surface area contributed by atoms with Gasteiger partial charge < -0.3 is 15.7 Å². The molecule has 0 spiro atoms. The largest absolute Gasteiger partial charge is 0.391 e. The van der Waals surface area contributed by atoms with Gasteiger partial charge in [-0.25, -0.2) is 0 Å². The Balaban J connectivity index is 0.00000156. The Labute approximate surface area is 160 Å². The molecule has 0 unspecified atom stereocenters. The van der Waals surface area contributed by atoms with Crippen LogP contribution in [0.2, 0.25) is 0 Å². The summed E-state index contributed by atoms with van der Waals surface area (Å²) in [5.74, 6) is -0.125. The normalized spacial score (nSPS) is 20.1. The molecule has 2 atom stereocenters. The summed E-state index contributed by atoms with van der Waals surface area (Å²) >= 11 is 0. The zero-order valence-electron chi connectivity index (χ0n) is 14.4. The minimum atomic E-state index is -0.907. The Morgan fingerprint density at radius 3 is 2.60 bits per heavy atom. The number of aliphatic hydroxyl groups excluding tert-OH is 1. The summed E-state index contributed by atoms with van der Waals surface area (Å²) in [4.78, 5) is 18.6. The maximum Gasteiger partial charge on any atom is 0.242 e. The van der Waals surface area contributed by atoms with Gasteiger partial charge in [0.05, 0.1) is 17.2 Å². The van der Waals surface area contributed by atoms with E-state index in [0.717, 1.165) is 16.6 Å². The molecule has 0 aliphatic carbocycles. The second-order valence-corrected chi connectivity index (χ2v) is 6.96. The van der Waals surface area contributed by atoms with Crippen LogP contribution >= 0.6 is 24.8 Å². The van der Waals surface area contributed by atoms with E-state index in [9.17, 15) is 9.90 Å². The van der Waals surface area contributed by atoms with Crippen molar-refractivity contribution in [2.75, 3.05) is 13.1 Å². The number of para-hydroxylation sites is 1. The zero-order valence-corrected chi connectivity index (χ0v) is 16.0. The molecule has 3 rings (SSSR count). The smallest absolute Gasteiger partial charge is 0.242 e. The molecule has 0 radical (unpaired) electrons. The van der Waals surface area contributed by atoms with E-state index in [1.807, 2.05) is 36.4 Å². The van der Waals surface area contributed by atoms with Gasteiger partial charge in [-0.2, -0.15) is 0 Å². The molecule has 1 fully saturated rings. The van der Waals surface area contributed by atoms with Crippen molar-refractivity contribution in [2.24, 2.45) is 11.7 Å². The number of aromatic nitrogens is 1. The molecule has 25 heavy (non-hydrogen) atoms. The lowest BCUT2D eigenvalue weighted by Crippen LogP contribution is -2.50. The van der Waals surface area contributed by atoms with Gasteiger partial charge in [0, 0.05) is 30.1 Å². The van der Waals surface area contributed by atoms with Crippen molar-refractivity contribution in [3.05, 3.63) is 42.1 Å². The molecule has 1 aliphatic heterocycles. The Hall–Kier alpha value is -1.40. The van der Waals surface area contributed by atoms with E-state index < -0.39 is 11.6 Å². The molecule has 1 amide bonds. The van der Waals surface area contributed by atoms with E-state index >= 15 is 0 Å². The number of fused-ring (bicyclic) bond motifs is 1. The van der Waals surface area contributed by atoms with E-state index in [1.165, 1.54) is 0 Å². The lowest BCUT2D eigenvalue weighted by Gasteiger charge is -2.25. The Morgan fingerprint density at radius 2 is 1.92 bits per heavy atom. The third-order valence-corrected chi connectivity index (χ3v) is 4.37. The molecule has 2 heterocycles. The van der Waals surface area contributed by atoms with E-state index in [1.54, 1.807) is 18.7 Å². The first-order chi connectivity index (χ1) is 10.8. The van der Waals surface area contributed by atoms with Gasteiger partial charge in [-0.05, 0) is 32.4 Å². The number of carbonyl (C=O) groups excluding carboxylic acids is 1. The van der Waals surface area contributed by atoms with Crippen molar-refractivity contribution in [3.63, 3.8) is 0 Å². The van der Waals surface area contributed by atoms with Gasteiger partial charge in [-0.15, -0.1) is 24.8 Å². The van der Waals surface area contributed by atoms with Crippen molar-refractivity contribution in [2.45, 2.75) is 31.9 Å². The van der Waals surface area contributed by atoms with Gasteiger partial charge in [-0.1, -0.05) is 24.3 Å². The number of likely N-dealkylation sites (tertiary alicyclic amines) is 1. The maximum absolute atomic E-state index is 12.3. The number of hydrogen-bond acceptors (Lipinski definition) is 4. The van der Waals surface area contributed by atoms with Gasteiger partial charge in [0.1, 0.15) is 0 Å². The third kappa shape index (κ3) is 4.82. The molecule has 1 aliphatic rings. The topological polar surface area (TPSA) is 79.5 Å². The van der Waals surface area contributed by atoms with E-state index in [-0.39, 0.29) is 36.6 Å². The first-order valence-corrected chi connectivity index (χ1v) is 7.95. The third-order valence-electron chi connectivity index (χ3n) is 4.37. The van der Waals surface area contributed by atoms with Crippen LogP contribution in [-0.4, -0.2) is 45.6 Å². The number of nitrogens with two attached hydrogens (primary N) is 1. The SMILES string of the molecule is CC(C)(N)C(=O)N1C[C@@H](Cc2ccc3ccccc3n2)[C@H](O)C1.Cl.Cl. The second kappa shape index (κ2) is 8.32. The van der Waals surface area contributed by atoms with E-state index in [4.69, 9.17) is 5.73 Å². The number of amides is 1. The van der Waals surface area contributed by atoms with Crippen LogP contribution in [0.15, 0.2) is 36.4 Å². The molecule has 1 aromatic carbocycles. The number of hydrogen-bond donors (Lipinski definition) is 2. The average molecular weight is 386 g/mol. The molecule has 7 heteroatoms. The molecule has 2 aromatic rings. The molecular weight excluding hydrogens is 361 g/mol. The quantitative estimate of drug-likeness (QED) is 0.848. The van der Waals surface area contributed by atoms with Gasteiger partial charge >= 0.3 is 0 Å². The highest BCUT2D eigenvalue weighted by Gasteiger charge is 2.38. The van der Waals surface area contributed by atoms with E-state index in [0.29, 0.717) is 19.5 Å². The first-order valence-electron chi connectivity index (χ1n) is 7.95. The standard InChI is InChI=1S/C18H23N3O2.2ClH/c1-18(2,19)17(23)21-10-13(16(22)11-21)9-14-8-7-12-5-3-4-6-15(12)20-14;;/h3-8,13,16,22H,9-11,19H2,1-2H3;2*1H/t13-,16-;;/m1../s1. The van der Waals surface area contributed by atoms with Gasteiger partial charge in [-0.3, -0.25) is 9.78 Å². The van der Waals surface area contributed by atoms with Crippen LogP contribution in [0.5, 0.6) is 0 Å². The molecule has 3 N–H and O–H groups in total. The summed E-state index contributed by atoms with van der Waals surface area (Å²) in [6.45, 7) is 4.26. The number of nitrogens with zero attached hydrogens (tertiary/aromatic N) is 2. The number of rotatable bonds is 3. The first kappa shape index (κ1) is 21.6. The molecule has 0 bridgehead atoms. The highest BCUT2D eigenvalue weighted by molar-refractivity contribution is 5.86. The lowest BCUT2D eigenvalue weighted by molar-refractivity contribution is -0.135. The molecule has 1 saturated heterocycles. The molecule has 5 nitrogen and oxygen atoms in total. The summed E-state index contributed by atoms with van der Waals surface area (Å²) < 4.78 is 0. The number of pyridine rings is 1. The monoisotopic (exact) mass is 385 g/mol. The van der Waals surface area contributed by atoms with E-state index in [2.05, 4.69) is 4.98 Å². The number of carbonyl (C=O) groups is 1. The van der Waals surface area contributed by atoms with Crippen LogP contribution in [0.4, 0.5) is 0 Å². The number of halogens is 2. The minimum Gasteiger partial charge on any atom is -0.391 e. The molecular formula is C18H25Cl2N3O2. The van der Waals surface area contributed by atoms with Crippen molar-refractivity contribution >= 4 is 41.6 Å². The van der Waals surface area contributed by atoms with Crippen LogP contribution in [0.1, 0.15) is 19.5 Å². The van der Waals surface area contributed by atoms with Crippen LogP contribution in [0.3, 0.4) is 0 Å². The second-order valence-electron chi connectivity index (χ2n) is 6.96.